The van der Waals surface area contributed by atoms with Crippen LogP contribution in [0.5, 0.6) is 11.5 Å². The van der Waals surface area contributed by atoms with E-state index >= 15 is 0 Å². The third-order valence-corrected chi connectivity index (χ3v) is 6.34. The Balaban J connectivity index is 1.16. The first-order valence-corrected chi connectivity index (χ1v) is 11.4. The summed E-state index contributed by atoms with van der Waals surface area (Å²) in [7, 11) is 0. The molecule has 0 unspecified atom stereocenters. The van der Waals surface area contributed by atoms with E-state index in [0.29, 0.717) is 34.9 Å². The molecule has 1 aromatic carbocycles. The van der Waals surface area contributed by atoms with Gasteiger partial charge in [0.1, 0.15) is 21.8 Å². The quantitative estimate of drug-likeness (QED) is 0.565. The molecule has 2 aliphatic rings. The van der Waals surface area contributed by atoms with Crippen LogP contribution in [0, 0.1) is 6.92 Å². The van der Waals surface area contributed by atoms with Crippen LogP contribution in [0.15, 0.2) is 30.5 Å². The van der Waals surface area contributed by atoms with Crippen molar-refractivity contribution in [3.8, 4) is 11.5 Å². The van der Waals surface area contributed by atoms with Crippen molar-refractivity contribution in [3.05, 3.63) is 52.0 Å². The lowest BCUT2D eigenvalue weighted by molar-refractivity contribution is 0.0628. The highest BCUT2D eigenvalue weighted by Gasteiger charge is 2.25. The van der Waals surface area contributed by atoms with Crippen molar-refractivity contribution in [1.82, 2.24) is 24.8 Å². The van der Waals surface area contributed by atoms with Gasteiger partial charge < -0.3 is 19.7 Å². The number of hydrogen-bond acceptors (Lipinski definition) is 9. The number of piperazine rings is 1. The maximum atomic E-state index is 12.9. The zero-order chi connectivity index (χ0) is 22.1. The molecule has 0 radical (unpaired) electrons. The van der Waals surface area contributed by atoms with E-state index in [9.17, 15) is 4.79 Å². The first kappa shape index (κ1) is 20.9. The number of ether oxygens (including phenoxy) is 2. The summed E-state index contributed by atoms with van der Waals surface area (Å²) in [5.74, 6) is 2.67. The van der Waals surface area contributed by atoms with Crippen molar-refractivity contribution in [1.29, 1.82) is 0 Å². The van der Waals surface area contributed by atoms with Gasteiger partial charge in [-0.2, -0.15) is 0 Å². The fourth-order valence-electron chi connectivity index (χ4n) is 3.69. The van der Waals surface area contributed by atoms with E-state index in [2.05, 4.69) is 31.2 Å². The number of benzene rings is 1. The SMILES string of the molecule is Cc1nc(Cl)cc(Nc2cnc(C(=O)N3CCN(Cc4ccc5c(c4)OCO5)CC3)s2)n1. The molecule has 11 heteroatoms. The third-order valence-electron chi connectivity index (χ3n) is 5.25. The first-order chi connectivity index (χ1) is 15.5. The number of nitrogens with one attached hydrogen (secondary N) is 1. The van der Waals surface area contributed by atoms with Gasteiger partial charge in [0.05, 0.1) is 6.20 Å². The number of rotatable bonds is 5. The van der Waals surface area contributed by atoms with Gasteiger partial charge in [-0.05, 0) is 24.6 Å². The average molecular weight is 473 g/mol. The molecule has 0 aliphatic carbocycles. The van der Waals surface area contributed by atoms with Gasteiger partial charge in [-0.15, -0.1) is 0 Å². The normalized spacial score (nSPS) is 15.8. The molecule has 5 rings (SSSR count). The van der Waals surface area contributed by atoms with Crippen LogP contribution in [0.3, 0.4) is 0 Å². The highest BCUT2D eigenvalue weighted by Crippen LogP contribution is 2.33. The summed E-state index contributed by atoms with van der Waals surface area (Å²) in [6, 6.07) is 7.66. The summed E-state index contributed by atoms with van der Waals surface area (Å²) >= 11 is 7.28. The Bertz CT molecular complexity index is 1130. The van der Waals surface area contributed by atoms with Crippen molar-refractivity contribution in [2.75, 3.05) is 38.3 Å². The van der Waals surface area contributed by atoms with Gasteiger partial charge in [0.2, 0.25) is 6.79 Å². The number of nitrogens with zero attached hydrogens (tertiary/aromatic N) is 5. The van der Waals surface area contributed by atoms with E-state index < -0.39 is 0 Å². The number of carbonyl (C=O) groups is 1. The van der Waals surface area contributed by atoms with Gasteiger partial charge in [-0.3, -0.25) is 9.69 Å². The molecule has 0 bridgehead atoms. The second kappa shape index (κ2) is 8.89. The Morgan fingerprint density at radius 1 is 1.16 bits per heavy atom. The van der Waals surface area contributed by atoms with Crippen molar-refractivity contribution in [2.24, 2.45) is 0 Å². The van der Waals surface area contributed by atoms with Gasteiger partial charge in [0.25, 0.3) is 5.91 Å². The number of anilines is 2. The van der Waals surface area contributed by atoms with Gasteiger partial charge in [-0.1, -0.05) is 29.0 Å². The maximum absolute atomic E-state index is 12.9. The molecular formula is C21H21ClN6O3S. The largest absolute Gasteiger partial charge is 0.454 e. The number of hydrogen-bond donors (Lipinski definition) is 1. The van der Waals surface area contributed by atoms with E-state index in [0.717, 1.165) is 36.1 Å². The third kappa shape index (κ3) is 4.62. The molecular weight excluding hydrogens is 452 g/mol. The van der Waals surface area contributed by atoms with Crippen LogP contribution in [-0.4, -0.2) is 63.6 Å². The molecule has 0 atom stereocenters. The van der Waals surface area contributed by atoms with E-state index in [1.165, 1.54) is 16.9 Å². The number of amides is 1. The number of thiazole rings is 1. The van der Waals surface area contributed by atoms with Crippen LogP contribution in [0.25, 0.3) is 0 Å². The Kier molecular flexibility index (Phi) is 5.81. The molecule has 4 heterocycles. The molecule has 3 aromatic rings. The molecule has 1 N–H and O–H groups in total. The second-order valence-corrected chi connectivity index (χ2v) is 8.95. The standard InChI is InChI=1S/C21H21ClN6O3S/c1-13-24-17(22)9-18(25-13)26-19-10-23-20(32-19)21(29)28-6-4-27(5-7-28)11-14-2-3-15-16(8-14)31-12-30-15/h2-3,8-10H,4-7,11-12H2,1H3,(H,24,25,26). The maximum Gasteiger partial charge on any atom is 0.282 e. The lowest BCUT2D eigenvalue weighted by Gasteiger charge is -2.34. The van der Waals surface area contributed by atoms with Crippen LogP contribution < -0.4 is 14.8 Å². The molecule has 0 saturated carbocycles. The Morgan fingerprint density at radius 3 is 2.78 bits per heavy atom. The number of aromatic nitrogens is 3. The summed E-state index contributed by atoms with van der Waals surface area (Å²) in [5.41, 5.74) is 1.17. The van der Waals surface area contributed by atoms with E-state index in [-0.39, 0.29) is 12.7 Å². The molecule has 1 amide bonds. The Morgan fingerprint density at radius 2 is 1.97 bits per heavy atom. The van der Waals surface area contributed by atoms with Gasteiger partial charge in [0, 0.05) is 38.8 Å². The van der Waals surface area contributed by atoms with E-state index in [1.807, 2.05) is 17.0 Å². The molecule has 1 saturated heterocycles. The predicted molar refractivity (Wildman–Crippen MR) is 121 cm³/mol. The van der Waals surface area contributed by atoms with Crippen molar-refractivity contribution >= 4 is 39.7 Å². The van der Waals surface area contributed by atoms with Crippen molar-refractivity contribution in [3.63, 3.8) is 0 Å². The van der Waals surface area contributed by atoms with Crippen LogP contribution >= 0.6 is 22.9 Å². The average Bonchev–Trinajstić information content (AvgIpc) is 3.42. The molecule has 32 heavy (non-hydrogen) atoms. The molecule has 0 spiro atoms. The number of aryl methyl sites for hydroxylation is 1. The minimum atomic E-state index is -0.0531. The highest BCUT2D eigenvalue weighted by atomic mass is 35.5. The van der Waals surface area contributed by atoms with Crippen LogP contribution in [-0.2, 0) is 6.54 Å². The van der Waals surface area contributed by atoms with E-state index in [1.54, 1.807) is 19.2 Å². The van der Waals surface area contributed by atoms with Crippen molar-refractivity contribution in [2.45, 2.75) is 13.5 Å². The number of fused-ring (bicyclic) bond motifs is 1. The van der Waals surface area contributed by atoms with Gasteiger partial charge in [-0.25, -0.2) is 15.0 Å². The van der Waals surface area contributed by atoms with Crippen molar-refractivity contribution < 1.29 is 14.3 Å². The van der Waals surface area contributed by atoms with Gasteiger partial charge in [0.15, 0.2) is 16.5 Å². The molecule has 9 nitrogen and oxygen atoms in total. The summed E-state index contributed by atoms with van der Waals surface area (Å²) in [4.78, 5) is 29.7. The fourth-order valence-corrected chi connectivity index (χ4v) is 4.71. The number of halogens is 1. The monoisotopic (exact) mass is 472 g/mol. The smallest absolute Gasteiger partial charge is 0.282 e. The zero-order valence-electron chi connectivity index (χ0n) is 17.4. The number of carbonyl (C=O) groups excluding carboxylic acids is 1. The molecule has 166 valence electrons. The van der Waals surface area contributed by atoms with Crippen LogP contribution in [0.4, 0.5) is 10.8 Å². The zero-order valence-corrected chi connectivity index (χ0v) is 18.9. The van der Waals surface area contributed by atoms with Crippen LogP contribution in [0.1, 0.15) is 21.2 Å². The molecule has 2 aromatic heterocycles. The van der Waals surface area contributed by atoms with Gasteiger partial charge >= 0.3 is 0 Å². The molecule has 2 aliphatic heterocycles. The minimum absolute atomic E-state index is 0.0531. The topological polar surface area (TPSA) is 92.7 Å². The summed E-state index contributed by atoms with van der Waals surface area (Å²) in [6.07, 6.45) is 1.64. The molecule has 1 fully saturated rings. The lowest BCUT2D eigenvalue weighted by Crippen LogP contribution is -2.48. The Hall–Kier alpha value is -2.95. The van der Waals surface area contributed by atoms with E-state index in [4.69, 9.17) is 21.1 Å². The van der Waals surface area contributed by atoms with Crippen LogP contribution in [0.2, 0.25) is 5.15 Å². The highest BCUT2D eigenvalue weighted by molar-refractivity contribution is 7.17. The predicted octanol–water partition coefficient (Wildman–Crippen LogP) is 3.33. The summed E-state index contributed by atoms with van der Waals surface area (Å²) in [6.45, 7) is 5.78. The summed E-state index contributed by atoms with van der Waals surface area (Å²) in [5, 5.41) is 4.68. The lowest BCUT2D eigenvalue weighted by atomic mass is 10.1. The Labute approximate surface area is 194 Å². The fraction of sp³-hybridized carbons (Fsp3) is 0.333. The second-order valence-electron chi connectivity index (χ2n) is 7.53. The first-order valence-electron chi connectivity index (χ1n) is 10.2. The summed E-state index contributed by atoms with van der Waals surface area (Å²) < 4.78 is 10.8. The minimum Gasteiger partial charge on any atom is -0.454 e.